The topological polar surface area (TPSA) is 55.1 Å². The normalized spacial score (nSPS) is 10.9. The fraction of sp³-hybridized carbons (Fsp3) is 0.261. The molecular weight excluding hydrogens is 509 g/mol. The van der Waals surface area contributed by atoms with Crippen molar-refractivity contribution < 1.29 is 24.0 Å². The number of benzene rings is 2. The summed E-state index contributed by atoms with van der Waals surface area (Å²) in [6.45, 7) is 4.14. The van der Waals surface area contributed by atoms with E-state index < -0.39 is 0 Å². The van der Waals surface area contributed by atoms with Gasteiger partial charge in [-0.15, -0.1) is 0 Å². The number of aryl methyl sites for hydroxylation is 1. The van der Waals surface area contributed by atoms with Crippen LogP contribution in [0.3, 0.4) is 0 Å². The first-order valence-electron chi connectivity index (χ1n) is 10.0. The molecular formula is C23H24ClIN5-. The predicted molar refractivity (Wildman–Crippen MR) is 118 cm³/mol. The highest BCUT2D eigenvalue weighted by Crippen LogP contribution is 2.26. The van der Waals surface area contributed by atoms with Crippen LogP contribution in [0, 0.1) is 0 Å². The van der Waals surface area contributed by atoms with E-state index >= 15 is 0 Å². The highest BCUT2D eigenvalue weighted by Gasteiger charge is 2.15. The van der Waals surface area contributed by atoms with Crippen molar-refractivity contribution in [3.8, 4) is 22.5 Å². The molecule has 5 nitrogen and oxygen atoms in total. The van der Waals surface area contributed by atoms with Crippen LogP contribution in [0.4, 0.5) is 0 Å². The van der Waals surface area contributed by atoms with E-state index in [0.29, 0.717) is 10.8 Å². The number of hydrogen-bond acceptors (Lipinski definition) is 4. The van der Waals surface area contributed by atoms with Gasteiger partial charge in [-0.2, -0.15) is 5.10 Å². The van der Waals surface area contributed by atoms with Crippen LogP contribution in [0.1, 0.15) is 25.6 Å². The maximum atomic E-state index is 6.06. The van der Waals surface area contributed by atoms with Gasteiger partial charge in [0.2, 0.25) is 0 Å². The van der Waals surface area contributed by atoms with Gasteiger partial charge in [0.15, 0.2) is 11.5 Å². The minimum Gasteiger partial charge on any atom is -1.00 e. The molecule has 0 atom stereocenters. The van der Waals surface area contributed by atoms with Crippen molar-refractivity contribution >= 4 is 17.2 Å². The minimum atomic E-state index is 0. The largest absolute Gasteiger partial charge is 1.00 e. The third-order valence-corrected chi connectivity index (χ3v) is 5.13. The molecule has 0 aliphatic carbocycles. The number of nitrogens with zero attached hydrogens (tertiary/aromatic N) is 4. The van der Waals surface area contributed by atoms with Gasteiger partial charge < -0.3 is 29.3 Å². The lowest BCUT2D eigenvalue weighted by atomic mass is 10.1. The highest BCUT2D eigenvalue weighted by molar-refractivity contribution is 6.30. The summed E-state index contributed by atoms with van der Waals surface area (Å²) in [4.78, 5) is 9.72. The molecule has 0 amide bonds. The molecule has 30 heavy (non-hydrogen) atoms. The van der Waals surface area contributed by atoms with E-state index in [9.17, 15) is 0 Å². The lowest BCUT2D eigenvalue weighted by Crippen LogP contribution is -3.00. The van der Waals surface area contributed by atoms with Crippen molar-refractivity contribution in [1.82, 2.24) is 24.9 Å². The van der Waals surface area contributed by atoms with E-state index in [0.717, 1.165) is 60.5 Å². The summed E-state index contributed by atoms with van der Waals surface area (Å²) in [6.07, 6.45) is 4.87. The SMILES string of the molecule is CCNCCCCc1nc(-c2ccc(Cl)cc2)nc2c(-c3ccccc3)cnn12.[I-]. The van der Waals surface area contributed by atoms with Gasteiger partial charge >= 0.3 is 0 Å². The van der Waals surface area contributed by atoms with Gasteiger partial charge in [0, 0.05) is 22.6 Å². The van der Waals surface area contributed by atoms with Crippen molar-refractivity contribution in [2.45, 2.75) is 26.2 Å². The number of unbranched alkanes of at least 4 members (excludes halogenated alkanes) is 1. The van der Waals surface area contributed by atoms with Crippen LogP contribution in [0.2, 0.25) is 5.02 Å². The van der Waals surface area contributed by atoms with Crippen molar-refractivity contribution in [1.29, 1.82) is 0 Å². The summed E-state index contributed by atoms with van der Waals surface area (Å²) >= 11 is 6.06. The number of fused-ring (bicyclic) bond motifs is 1. The molecule has 0 fully saturated rings. The molecule has 7 heteroatoms. The maximum Gasteiger partial charge on any atom is 0.167 e. The standard InChI is InChI=1S/C23H24ClN5.HI/c1-2-25-15-7-6-10-21-27-22(18-11-13-19(24)14-12-18)28-23-20(16-26-29(21)23)17-8-4-3-5-9-17;/h3-5,8-9,11-14,16,25H,2,6-7,10,15H2,1H3;1H/p-1. The number of nitrogens with one attached hydrogen (secondary N) is 1. The van der Waals surface area contributed by atoms with E-state index in [1.165, 1.54) is 0 Å². The second-order valence-electron chi connectivity index (χ2n) is 6.94. The molecule has 0 bridgehead atoms. The molecule has 0 aliphatic rings. The molecule has 0 radical (unpaired) electrons. The lowest BCUT2D eigenvalue weighted by Gasteiger charge is -2.09. The zero-order chi connectivity index (χ0) is 20.1. The fourth-order valence-electron chi connectivity index (χ4n) is 3.35. The van der Waals surface area contributed by atoms with Gasteiger partial charge in [-0.3, -0.25) is 0 Å². The molecule has 0 unspecified atom stereocenters. The van der Waals surface area contributed by atoms with E-state index in [1.807, 2.05) is 53.2 Å². The average molecular weight is 533 g/mol. The fourth-order valence-corrected chi connectivity index (χ4v) is 3.48. The Hall–Kier alpha value is -2.03. The third kappa shape index (κ3) is 5.17. The Bertz CT molecular complexity index is 1080. The predicted octanol–water partition coefficient (Wildman–Crippen LogP) is 2.05. The molecule has 2 aromatic carbocycles. The number of hydrogen-bond donors (Lipinski definition) is 1. The van der Waals surface area contributed by atoms with Crippen molar-refractivity contribution in [2.24, 2.45) is 0 Å². The molecule has 2 aromatic heterocycles. The quantitative estimate of drug-likeness (QED) is 0.279. The first kappa shape index (κ1) is 22.7. The molecule has 156 valence electrons. The minimum absolute atomic E-state index is 0. The zero-order valence-electron chi connectivity index (χ0n) is 16.9. The molecule has 0 aliphatic heterocycles. The Labute approximate surface area is 198 Å². The van der Waals surface area contributed by atoms with Crippen LogP contribution in [0.25, 0.3) is 28.2 Å². The molecule has 4 aromatic rings. The smallest absolute Gasteiger partial charge is 0.167 e. The summed E-state index contributed by atoms with van der Waals surface area (Å²) in [5.74, 6) is 1.63. The van der Waals surface area contributed by atoms with Gasteiger partial charge in [0.1, 0.15) is 5.82 Å². The second-order valence-corrected chi connectivity index (χ2v) is 7.38. The molecule has 1 N–H and O–H groups in total. The van der Waals surface area contributed by atoms with Crippen LogP contribution < -0.4 is 29.3 Å². The van der Waals surface area contributed by atoms with Crippen LogP contribution >= 0.6 is 11.6 Å². The first-order valence-corrected chi connectivity index (χ1v) is 10.4. The van der Waals surface area contributed by atoms with Gasteiger partial charge in [-0.1, -0.05) is 48.9 Å². The number of halogens is 2. The summed E-state index contributed by atoms with van der Waals surface area (Å²) in [5.41, 5.74) is 3.89. The van der Waals surface area contributed by atoms with Crippen LogP contribution in [0.5, 0.6) is 0 Å². The lowest BCUT2D eigenvalue weighted by molar-refractivity contribution is -0.00000605. The van der Waals surface area contributed by atoms with Crippen molar-refractivity contribution in [2.75, 3.05) is 13.1 Å². The Kier molecular flexibility index (Phi) is 8.18. The van der Waals surface area contributed by atoms with Gasteiger partial charge in [-0.05, 0) is 55.8 Å². The molecule has 0 saturated heterocycles. The maximum absolute atomic E-state index is 6.06. The monoisotopic (exact) mass is 532 g/mol. The Morgan fingerprint density at radius 1 is 0.933 bits per heavy atom. The van der Waals surface area contributed by atoms with E-state index in [1.54, 1.807) is 0 Å². The van der Waals surface area contributed by atoms with E-state index in [2.05, 4.69) is 29.5 Å². The van der Waals surface area contributed by atoms with Crippen molar-refractivity contribution in [3.63, 3.8) is 0 Å². The highest BCUT2D eigenvalue weighted by atomic mass is 127. The van der Waals surface area contributed by atoms with Gasteiger partial charge in [0.25, 0.3) is 0 Å². The Morgan fingerprint density at radius 3 is 2.43 bits per heavy atom. The first-order chi connectivity index (χ1) is 14.3. The molecule has 0 saturated carbocycles. The Morgan fingerprint density at radius 2 is 1.70 bits per heavy atom. The third-order valence-electron chi connectivity index (χ3n) is 4.88. The van der Waals surface area contributed by atoms with Crippen LogP contribution in [-0.4, -0.2) is 32.7 Å². The number of aromatic nitrogens is 4. The van der Waals surface area contributed by atoms with Crippen LogP contribution in [-0.2, 0) is 6.42 Å². The summed E-state index contributed by atoms with van der Waals surface area (Å²) in [6, 6.07) is 17.9. The zero-order valence-corrected chi connectivity index (χ0v) is 19.8. The van der Waals surface area contributed by atoms with Crippen molar-refractivity contribution in [3.05, 3.63) is 71.6 Å². The second kappa shape index (κ2) is 10.8. The average Bonchev–Trinajstić information content (AvgIpc) is 3.19. The van der Waals surface area contributed by atoms with E-state index in [4.69, 9.17) is 21.6 Å². The molecule has 0 spiro atoms. The van der Waals surface area contributed by atoms with Gasteiger partial charge in [-0.25, -0.2) is 14.5 Å². The number of rotatable bonds is 8. The summed E-state index contributed by atoms with van der Waals surface area (Å²) in [7, 11) is 0. The molecule has 2 heterocycles. The Balaban J connectivity index is 0.00000256. The molecule has 4 rings (SSSR count). The summed E-state index contributed by atoms with van der Waals surface area (Å²) < 4.78 is 1.88. The summed E-state index contributed by atoms with van der Waals surface area (Å²) in [5, 5.41) is 8.69. The van der Waals surface area contributed by atoms with Gasteiger partial charge in [0.05, 0.1) is 6.20 Å². The van der Waals surface area contributed by atoms with Crippen LogP contribution in [0.15, 0.2) is 60.8 Å². The van der Waals surface area contributed by atoms with E-state index in [-0.39, 0.29) is 24.0 Å².